The van der Waals surface area contributed by atoms with E-state index >= 15 is 0 Å². The summed E-state index contributed by atoms with van der Waals surface area (Å²) in [4.78, 5) is 13.7. The van der Waals surface area contributed by atoms with Gasteiger partial charge in [-0.2, -0.15) is 0 Å². The van der Waals surface area contributed by atoms with Gasteiger partial charge in [-0.05, 0) is 35.1 Å². The average Bonchev–Trinajstić information content (AvgIpc) is 2.73. The summed E-state index contributed by atoms with van der Waals surface area (Å²) in [5.41, 5.74) is 0.796. The summed E-state index contributed by atoms with van der Waals surface area (Å²) >= 11 is 9.77. The summed E-state index contributed by atoms with van der Waals surface area (Å²) in [6, 6.07) is 1.93. The molecule has 0 bridgehead atoms. The summed E-state index contributed by atoms with van der Waals surface area (Å²) < 4.78 is 1.15. The molecule has 1 atom stereocenters. The molecule has 76 valence electrons. The van der Waals surface area contributed by atoms with E-state index in [9.17, 15) is 4.79 Å². The normalized spacial score (nSPS) is 21.6. The lowest BCUT2D eigenvalue weighted by Gasteiger charge is -2.13. The van der Waals surface area contributed by atoms with Crippen molar-refractivity contribution in [1.29, 1.82) is 0 Å². The van der Waals surface area contributed by atoms with Gasteiger partial charge in [-0.1, -0.05) is 0 Å². The standard InChI is InChI=1S/C9H9ClINOS/c10-7-1-2-12(4-7)9(13)6-3-8(11)14-5-6/h3,5,7H,1-2,4H2. The van der Waals surface area contributed by atoms with Gasteiger partial charge in [0.1, 0.15) is 0 Å². The highest BCUT2D eigenvalue weighted by atomic mass is 127. The van der Waals surface area contributed by atoms with Crippen LogP contribution in [-0.2, 0) is 0 Å². The number of nitrogens with zero attached hydrogens (tertiary/aromatic N) is 1. The van der Waals surface area contributed by atoms with Crippen LogP contribution in [0.2, 0.25) is 0 Å². The lowest BCUT2D eigenvalue weighted by Crippen LogP contribution is -2.28. The second-order valence-electron chi connectivity index (χ2n) is 3.28. The molecule has 5 heteroatoms. The van der Waals surface area contributed by atoms with Crippen LogP contribution in [0.1, 0.15) is 16.8 Å². The van der Waals surface area contributed by atoms with E-state index in [1.165, 1.54) is 0 Å². The molecule has 1 aliphatic rings. The van der Waals surface area contributed by atoms with Crippen LogP contribution in [0.4, 0.5) is 0 Å². The second kappa shape index (κ2) is 4.37. The molecule has 2 heterocycles. The average molecular weight is 342 g/mol. The maximum Gasteiger partial charge on any atom is 0.254 e. The number of alkyl halides is 1. The van der Waals surface area contributed by atoms with Crippen LogP contribution >= 0.6 is 45.5 Å². The van der Waals surface area contributed by atoms with Gasteiger partial charge in [-0.3, -0.25) is 4.79 Å². The Morgan fingerprint density at radius 2 is 2.50 bits per heavy atom. The topological polar surface area (TPSA) is 20.3 Å². The van der Waals surface area contributed by atoms with E-state index in [1.54, 1.807) is 11.3 Å². The van der Waals surface area contributed by atoms with E-state index < -0.39 is 0 Å². The molecule has 0 radical (unpaired) electrons. The molecular weight excluding hydrogens is 333 g/mol. The summed E-state index contributed by atoms with van der Waals surface area (Å²) in [7, 11) is 0. The predicted octanol–water partition coefficient (Wildman–Crippen LogP) is 2.81. The van der Waals surface area contributed by atoms with Crippen molar-refractivity contribution >= 4 is 51.4 Å². The highest BCUT2D eigenvalue weighted by molar-refractivity contribution is 14.1. The van der Waals surface area contributed by atoms with E-state index in [4.69, 9.17) is 11.6 Å². The fourth-order valence-corrected chi connectivity index (χ4v) is 3.09. The van der Waals surface area contributed by atoms with E-state index in [2.05, 4.69) is 22.6 Å². The Kier molecular flexibility index (Phi) is 3.34. The Balaban J connectivity index is 2.09. The van der Waals surface area contributed by atoms with E-state index in [1.807, 2.05) is 16.3 Å². The van der Waals surface area contributed by atoms with Crippen LogP contribution in [0.15, 0.2) is 11.4 Å². The zero-order valence-corrected chi connectivity index (χ0v) is 11.1. The summed E-state index contributed by atoms with van der Waals surface area (Å²) in [6.45, 7) is 1.48. The highest BCUT2D eigenvalue weighted by Gasteiger charge is 2.25. The van der Waals surface area contributed by atoms with E-state index in [-0.39, 0.29) is 11.3 Å². The number of likely N-dealkylation sites (tertiary alicyclic amines) is 1. The molecule has 2 nitrogen and oxygen atoms in total. The van der Waals surface area contributed by atoms with Crippen molar-refractivity contribution in [2.75, 3.05) is 13.1 Å². The first kappa shape index (κ1) is 10.7. The van der Waals surface area contributed by atoms with Crippen LogP contribution in [0.3, 0.4) is 0 Å². The number of carbonyl (C=O) groups excluding carboxylic acids is 1. The monoisotopic (exact) mass is 341 g/mol. The van der Waals surface area contributed by atoms with Crippen molar-refractivity contribution in [3.05, 3.63) is 19.9 Å². The number of thiophene rings is 1. The van der Waals surface area contributed by atoms with Crippen molar-refractivity contribution in [2.24, 2.45) is 0 Å². The largest absolute Gasteiger partial charge is 0.337 e. The Bertz CT molecular complexity index is 354. The Hall–Kier alpha value is 0.190. The van der Waals surface area contributed by atoms with Gasteiger partial charge in [0.2, 0.25) is 0 Å². The third-order valence-electron chi connectivity index (χ3n) is 2.23. The number of carbonyl (C=O) groups is 1. The van der Waals surface area contributed by atoms with Gasteiger partial charge in [0.15, 0.2) is 0 Å². The van der Waals surface area contributed by atoms with E-state index in [0.717, 1.165) is 21.4 Å². The number of hydrogen-bond donors (Lipinski definition) is 0. The summed E-state index contributed by atoms with van der Waals surface area (Å²) in [5.74, 6) is 0.118. The Morgan fingerprint density at radius 3 is 3.00 bits per heavy atom. The molecule has 1 aliphatic heterocycles. The fourth-order valence-electron chi connectivity index (χ4n) is 1.51. The molecule has 1 aromatic heterocycles. The van der Waals surface area contributed by atoms with Gasteiger partial charge < -0.3 is 4.90 Å². The quantitative estimate of drug-likeness (QED) is 0.568. The van der Waals surface area contributed by atoms with Crippen LogP contribution in [0.5, 0.6) is 0 Å². The molecule has 0 N–H and O–H groups in total. The van der Waals surface area contributed by atoms with Crippen LogP contribution in [0.25, 0.3) is 0 Å². The lowest BCUT2D eigenvalue weighted by atomic mass is 10.3. The van der Waals surface area contributed by atoms with Crippen molar-refractivity contribution in [3.63, 3.8) is 0 Å². The number of rotatable bonds is 1. The summed E-state index contributed by atoms with van der Waals surface area (Å²) in [6.07, 6.45) is 0.911. The van der Waals surface area contributed by atoms with Gasteiger partial charge in [-0.25, -0.2) is 0 Å². The van der Waals surface area contributed by atoms with Crippen LogP contribution in [0, 0.1) is 2.88 Å². The maximum absolute atomic E-state index is 11.9. The van der Waals surface area contributed by atoms with E-state index in [0.29, 0.717) is 6.54 Å². The molecule has 1 unspecified atom stereocenters. The maximum atomic E-state index is 11.9. The molecule has 0 saturated carbocycles. The number of hydrogen-bond acceptors (Lipinski definition) is 2. The Labute approximate surface area is 105 Å². The molecule has 2 rings (SSSR count). The molecule has 1 aromatic rings. The van der Waals surface area contributed by atoms with Crippen LogP contribution < -0.4 is 0 Å². The predicted molar refractivity (Wildman–Crippen MR) is 67.2 cm³/mol. The van der Waals surface area contributed by atoms with Gasteiger partial charge in [0.05, 0.1) is 13.8 Å². The SMILES string of the molecule is O=C(c1csc(I)c1)N1CCC(Cl)C1. The number of amides is 1. The first-order valence-corrected chi connectivity index (χ1v) is 6.73. The molecule has 1 fully saturated rings. The molecular formula is C9H9ClINOS. The molecule has 0 aromatic carbocycles. The third kappa shape index (κ3) is 2.23. The molecule has 0 aliphatic carbocycles. The first-order valence-electron chi connectivity index (χ1n) is 4.34. The third-order valence-corrected chi connectivity index (χ3v) is 4.38. The smallest absolute Gasteiger partial charge is 0.254 e. The Morgan fingerprint density at radius 1 is 1.71 bits per heavy atom. The first-order chi connectivity index (χ1) is 6.66. The van der Waals surface area contributed by atoms with Crippen molar-refractivity contribution in [3.8, 4) is 0 Å². The van der Waals surface area contributed by atoms with Crippen molar-refractivity contribution < 1.29 is 4.79 Å². The van der Waals surface area contributed by atoms with Gasteiger partial charge >= 0.3 is 0 Å². The van der Waals surface area contributed by atoms with Gasteiger partial charge in [0.25, 0.3) is 5.91 Å². The van der Waals surface area contributed by atoms with Gasteiger partial charge in [0, 0.05) is 18.5 Å². The summed E-state index contributed by atoms with van der Waals surface area (Å²) in [5, 5.41) is 2.04. The van der Waals surface area contributed by atoms with Gasteiger partial charge in [-0.15, -0.1) is 22.9 Å². The minimum atomic E-state index is 0.118. The zero-order chi connectivity index (χ0) is 10.1. The highest BCUT2D eigenvalue weighted by Crippen LogP contribution is 2.21. The number of halogens is 2. The van der Waals surface area contributed by atoms with Crippen LogP contribution in [-0.4, -0.2) is 29.3 Å². The second-order valence-corrected chi connectivity index (χ2v) is 6.70. The minimum Gasteiger partial charge on any atom is -0.337 e. The van der Waals surface area contributed by atoms with Crippen molar-refractivity contribution in [2.45, 2.75) is 11.8 Å². The molecule has 14 heavy (non-hydrogen) atoms. The minimum absolute atomic E-state index is 0.118. The fraction of sp³-hybridized carbons (Fsp3) is 0.444. The lowest BCUT2D eigenvalue weighted by molar-refractivity contribution is 0.0793. The molecule has 0 spiro atoms. The molecule has 1 saturated heterocycles. The van der Waals surface area contributed by atoms with Crippen molar-refractivity contribution in [1.82, 2.24) is 4.90 Å². The molecule has 1 amide bonds. The zero-order valence-electron chi connectivity index (χ0n) is 7.37.